The molecule has 1 aromatic heterocycles. The van der Waals surface area contributed by atoms with Gasteiger partial charge >= 0.3 is 0 Å². The van der Waals surface area contributed by atoms with Crippen LogP contribution in [-0.4, -0.2) is 27.4 Å². The molecule has 0 radical (unpaired) electrons. The number of aromatic amines is 1. The van der Waals surface area contributed by atoms with Crippen molar-refractivity contribution in [2.24, 2.45) is 5.10 Å². The monoisotopic (exact) mass is 382 g/mol. The molecule has 0 atom stereocenters. The lowest BCUT2D eigenvalue weighted by atomic mass is 10.0. The largest absolute Gasteiger partial charge is 0.508 e. The number of rotatable bonds is 5. The summed E-state index contributed by atoms with van der Waals surface area (Å²) in [6.45, 7) is 0. The van der Waals surface area contributed by atoms with E-state index in [9.17, 15) is 9.90 Å². The normalized spacial score (nSPS) is 10.9. The van der Waals surface area contributed by atoms with Crippen LogP contribution in [0.1, 0.15) is 16.1 Å². The summed E-state index contributed by atoms with van der Waals surface area (Å²) in [6.07, 6.45) is 1.46. The van der Waals surface area contributed by atoms with Crippen LogP contribution in [0.15, 0.2) is 90.0 Å². The van der Waals surface area contributed by atoms with Gasteiger partial charge in [-0.05, 0) is 34.9 Å². The number of hydrogen-bond donors (Lipinski definition) is 3. The molecule has 0 aliphatic heterocycles. The second-order valence-corrected chi connectivity index (χ2v) is 6.40. The van der Waals surface area contributed by atoms with Gasteiger partial charge in [0.25, 0.3) is 5.91 Å². The molecule has 0 spiro atoms. The van der Waals surface area contributed by atoms with E-state index in [1.54, 1.807) is 30.3 Å². The number of hydrogen-bond acceptors (Lipinski definition) is 4. The number of carbonyl (C=O) groups excluding carboxylic acids is 1. The molecule has 0 aliphatic rings. The van der Waals surface area contributed by atoms with E-state index in [1.807, 2.05) is 42.5 Å². The van der Waals surface area contributed by atoms with Gasteiger partial charge in [0.05, 0.1) is 11.9 Å². The molecule has 0 saturated heterocycles. The maximum atomic E-state index is 12.2. The van der Waals surface area contributed by atoms with Gasteiger partial charge in [0.15, 0.2) is 0 Å². The number of aromatic nitrogens is 2. The first kappa shape index (κ1) is 18.2. The fraction of sp³-hybridized carbons (Fsp3) is 0. The predicted octanol–water partition coefficient (Wildman–Crippen LogP) is 4.21. The molecule has 6 nitrogen and oxygen atoms in total. The number of carbonyl (C=O) groups is 1. The maximum Gasteiger partial charge on any atom is 0.289 e. The molecular weight excluding hydrogens is 364 g/mol. The molecule has 0 bridgehead atoms. The van der Waals surface area contributed by atoms with Gasteiger partial charge in [0, 0.05) is 5.56 Å². The summed E-state index contributed by atoms with van der Waals surface area (Å²) >= 11 is 0. The average molecular weight is 382 g/mol. The summed E-state index contributed by atoms with van der Waals surface area (Å²) < 4.78 is 0. The lowest BCUT2D eigenvalue weighted by Crippen LogP contribution is -2.17. The van der Waals surface area contributed by atoms with Crippen molar-refractivity contribution in [2.75, 3.05) is 0 Å². The molecule has 1 heterocycles. The molecule has 142 valence electrons. The van der Waals surface area contributed by atoms with Crippen LogP contribution in [0.5, 0.6) is 5.75 Å². The Morgan fingerprint density at radius 2 is 1.62 bits per heavy atom. The third kappa shape index (κ3) is 4.39. The smallest absolute Gasteiger partial charge is 0.289 e. The highest BCUT2D eigenvalue weighted by Gasteiger charge is 2.10. The summed E-state index contributed by atoms with van der Waals surface area (Å²) in [5, 5.41) is 20.3. The van der Waals surface area contributed by atoms with Crippen molar-refractivity contribution in [3.8, 4) is 28.1 Å². The number of hydrazone groups is 1. The Hall–Kier alpha value is -4.19. The van der Waals surface area contributed by atoms with Crippen LogP contribution in [0.4, 0.5) is 0 Å². The summed E-state index contributed by atoms with van der Waals surface area (Å²) in [6, 6.07) is 26.4. The Morgan fingerprint density at radius 1 is 0.897 bits per heavy atom. The Labute approximate surface area is 167 Å². The van der Waals surface area contributed by atoms with Crippen LogP contribution in [0, 0.1) is 0 Å². The number of nitrogens with one attached hydrogen (secondary N) is 2. The van der Waals surface area contributed by atoms with E-state index in [4.69, 9.17) is 0 Å². The Kier molecular flexibility index (Phi) is 5.16. The predicted molar refractivity (Wildman–Crippen MR) is 113 cm³/mol. The van der Waals surface area contributed by atoms with Crippen LogP contribution >= 0.6 is 0 Å². The number of phenols is 1. The fourth-order valence-corrected chi connectivity index (χ4v) is 2.88. The molecule has 0 fully saturated rings. The average Bonchev–Trinajstić information content (AvgIpc) is 3.25. The number of H-pyrrole nitrogens is 1. The van der Waals surface area contributed by atoms with Gasteiger partial charge in [-0.1, -0.05) is 66.7 Å². The zero-order chi connectivity index (χ0) is 20.1. The summed E-state index contributed by atoms with van der Waals surface area (Å²) in [7, 11) is 0. The van der Waals surface area contributed by atoms with Crippen molar-refractivity contribution < 1.29 is 9.90 Å². The lowest BCUT2D eigenvalue weighted by Gasteiger charge is -2.02. The van der Waals surface area contributed by atoms with Crippen molar-refractivity contribution in [2.45, 2.75) is 0 Å². The van der Waals surface area contributed by atoms with Gasteiger partial charge in [-0.3, -0.25) is 9.89 Å². The van der Waals surface area contributed by atoms with Gasteiger partial charge in [-0.25, -0.2) is 5.43 Å². The zero-order valence-corrected chi connectivity index (χ0v) is 15.4. The second-order valence-electron chi connectivity index (χ2n) is 6.40. The summed E-state index contributed by atoms with van der Waals surface area (Å²) in [5.41, 5.74) is 7.26. The van der Waals surface area contributed by atoms with Crippen molar-refractivity contribution in [3.63, 3.8) is 0 Å². The molecule has 3 N–H and O–H groups in total. The highest BCUT2D eigenvalue weighted by atomic mass is 16.3. The van der Waals surface area contributed by atoms with E-state index in [1.165, 1.54) is 6.21 Å². The number of phenolic OH excluding ortho intramolecular Hbond substituents is 1. The van der Waals surface area contributed by atoms with Gasteiger partial charge in [0.1, 0.15) is 11.4 Å². The molecule has 29 heavy (non-hydrogen) atoms. The summed E-state index contributed by atoms with van der Waals surface area (Å²) in [5.74, 6) is -0.266. The molecule has 0 saturated carbocycles. The van der Waals surface area contributed by atoms with Gasteiger partial charge in [0.2, 0.25) is 0 Å². The second kappa shape index (κ2) is 8.22. The first-order chi connectivity index (χ1) is 14.2. The molecule has 4 aromatic rings. The zero-order valence-electron chi connectivity index (χ0n) is 15.4. The van der Waals surface area contributed by atoms with Crippen LogP contribution < -0.4 is 5.43 Å². The minimum atomic E-state index is -0.402. The highest BCUT2D eigenvalue weighted by molar-refractivity contribution is 5.94. The minimum Gasteiger partial charge on any atom is -0.508 e. The number of benzene rings is 3. The van der Waals surface area contributed by atoms with Gasteiger partial charge in [-0.15, -0.1) is 0 Å². The maximum absolute atomic E-state index is 12.2. The van der Waals surface area contributed by atoms with E-state index in [-0.39, 0.29) is 5.75 Å². The molecule has 4 rings (SSSR count). The lowest BCUT2D eigenvalue weighted by molar-refractivity contribution is 0.0950. The van der Waals surface area contributed by atoms with Crippen LogP contribution in [0.25, 0.3) is 22.4 Å². The van der Waals surface area contributed by atoms with Gasteiger partial charge < -0.3 is 5.11 Å². The van der Waals surface area contributed by atoms with E-state index in [2.05, 4.69) is 32.9 Å². The first-order valence-corrected chi connectivity index (χ1v) is 9.03. The van der Waals surface area contributed by atoms with Crippen molar-refractivity contribution in [1.82, 2.24) is 15.6 Å². The Morgan fingerprint density at radius 3 is 2.38 bits per heavy atom. The highest BCUT2D eigenvalue weighted by Crippen LogP contribution is 2.24. The number of amides is 1. The fourth-order valence-electron chi connectivity index (χ4n) is 2.88. The van der Waals surface area contributed by atoms with Crippen molar-refractivity contribution in [3.05, 3.63) is 96.2 Å². The molecule has 3 aromatic carbocycles. The Bertz CT molecular complexity index is 1150. The third-order valence-corrected chi connectivity index (χ3v) is 4.36. The number of nitrogens with zero attached hydrogens (tertiary/aromatic N) is 2. The van der Waals surface area contributed by atoms with E-state index < -0.39 is 5.91 Å². The topological polar surface area (TPSA) is 90.4 Å². The Balaban J connectivity index is 1.43. The third-order valence-electron chi connectivity index (χ3n) is 4.36. The molecule has 0 unspecified atom stereocenters. The SMILES string of the molecule is O=C(N/N=C\c1cccc(O)c1)c1cc(-c2ccc(-c3ccccc3)cc2)n[nH]1. The van der Waals surface area contributed by atoms with Crippen LogP contribution in [0.2, 0.25) is 0 Å². The molecule has 0 aliphatic carbocycles. The van der Waals surface area contributed by atoms with Crippen molar-refractivity contribution >= 4 is 12.1 Å². The summed E-state index contributed by atoms with van der Waals surface area (Å²) in [4.78, 5) is 12.2. The first-order valence-electron chi connectivity index (χ1n) is 9.03. The minimum absolute atomic E-state index is 0.136. The quantitative estimate of drug-likeness (QED) is 0.357. The van der Waals surface area contributed by atoms with E-state index in [0.29, 0.717) is 17.0 Å². The van der Waals surface area contributed by atoms with E-state index in [0.717, 1.165) is 16.7 Å². The van der Waals surface area contributed by atoms with Crippen LogP contribution in [-0.2, 0) is 0 Å². The molecule has 1 amide bonds. The molecule has 6 heteroatoms. The molecular formula is C23H18N4O2. The standard InChI is InChI=1S/C23H18N4O2/c28-20-8-4-5-16(13-20)15-24-27-23(29)22-14-21(25-26-22)19-11-9-18(10-12-19)17-6-2-1-3-7-17/h1-15,28H,(H,25,26)(H,27,29)/b24-15-. The van der Waals surface area contributed by atoms with Crippen molar-refractivity contribution in [1.29, 1.82) is 0 Å². The van der Waals surface area contributed by atoms with Gasteiger partial charge in [-0.2, -0.15) is 10.2 Å². The van der Waals surface area contributed by atoms with Crippen LogP contribution in [0.3, 0.4) is 0 Å². The van der Waals surface area contributed by atoms with E-state index >= 15 is 0 Å². The number of aromatic hydroxyl groups is 1.